The molecule has 3 heterocycles. The highest BCUT2D eigenvalue weighted by atomic mass is 35.5. The molecule has 0 spiro atoms. The fourth-order valence-corrected chi connectivity index (χ4v) is 4.79. The average Bonchev–Trinajstić information content (AvgIpc) is 3.22. The summed E-state index contributed by atoms with van der Waals surface area (Å²) in [6.45, 7) is 5.07. The van der Waals surface area contributed by atoms with Crippen molar-refractivity contribution in [3.63, 3.8) is 0 Å². The Hall–Kier alpha value is -1.66. The van der Waals surface area contributed by atoms with Crippen molar-refractivity contribution in [1.29, 1.82) is 0 Å². The van der Waals surface area contributed by atoms with Gasteiger partial charge in [-0.2, -0.15) is 0 Å². The Morgan fingerprint density at radius 2 is 2.19 bits per heavy atom. The molecule has 136 valence electrons. The average molecular weight is 389 g/mol. The molecule has 1 aliphatic heterocycles. The molecule has 26 heavy (non-hydrogen) atoms. The van der Waals surface area contributed by atoms with Crippen LogP contribution in [0.25, 0.3) is 21.3 Å². The van der Waals surface area contributed by atoms with Gasteiger partial charge in [-0.1, -0.05) is 11.6 Å². The first-order chi connectivity index (χ1) is 12.5. The molecule has 2 N–H and O–H groups in total. The molecule has 0 aliphatic carbocycles. The standard InChI is InChI=1S/C20H21ClN2O2S/c1-11-5-13(21)7-17(19(11)25-14-6-12(2)23-9-14)16-3-4-22-18-8-15(10-24)26-20(16)18/h3-5,7-8,12,14,23-24H,6,9-10H2,1-2H3/t12-,14+/m1/s1. The van der Waals surface area contributed by atoms with E-state index in [0.29, 0.717) is 11.1 Å². The molecule has 0 saturated carbocycles. The molecular formula is C20H21ClN2O2S. The second-order valence-electron chi connectivity index (χ2n) is 6.83. The van der Waals surface area contributed by atoms with E-state index in [1.807, 2.05) is 31.2 Å². The summed E-state index contributed by atoms with van der Waals surface area (Å²) in [5.74, 6) is 0.877. The van der Waals surface area contributed by atoms with Crippen molar-refractivity contribution in [3.8, 4) is 16.9 Å². The zero-order chi connectivity index (χ0) is 18.3. The monoisotopic (exact) mass is 388 g/mol. The lowest BCUT2D eigenvalue weighted by Gasteiger charge is -2.19. The van der Waals surface area contributed by atoms with E-state index >= 15 is 0 Å². The van der Waals surface area contributed by atoms with Crippen LogP contribution in [0, 0.1) is 6.92 Å². The van der Waals surface area contributed by atoms with E-state index in [-0.39, 0.29) is 12.7 Å². The number of rotatable bonds is 4. The quantitative estimate of drug-likeness (QED) is 0.688. The molecule has 0 amide bonds. The van der Waals surface area contributed by atoms with Crippen LogP contribution in [0.2, 0.25) is 5.02 Å². The predicted octanol–water partition coefficient (Wildman–Crippen LogP) is 4.55. The molecule has 1 aromatic carbocycles. The molecule has 2 aromatic heterocycles. The summed E-state index contributed by atoms with van der Waals surface area (Å²) >= 11 is 7.93. The second-order valence-corrected chi connectivity index (χ2v) is 8.40. The van der Waals surface area contributed by atoms with Crippen LogP contribution in [-0.4, -0.2) is 28.8 Å². The normalized spacial score (nSPS) is 20.0. The Labute approximate surface area is 161 Å². The van der Waals surface area contributed by atoms with Crippen LogP contribution in [0.3, 0.4) is 0 Å². The molecule has 0 radical (unpaired) electrons. The Balaban J connectivity index is 1.84. The number of nitrogens with zero attached hydrogens (tertiary/aromatic N) is 1. The van der Waals surface area contributed by atoms with Crippen molar-refractivity contribution in [2.75, 3.05) is 6.54 Å². The maximum absolute atomic E-state index is 9.49. The molecule has 2 atom stereocenters. The Kier molecular flexibility index (Phi) is 4.88. The van der Waals surface area contributed by atoms with Crippen molar-refractivity contribution in [1.82, 2.24) is 10.3 Å². The molecule has 3 aromatic rings. The first-order valence-corrected chi connectivity index (χ1v) is 9.93. The van der Waals surface area contributed by atoms with Gasteiger partial charge < -0.3 is 15.2 Å². The Morgan fingerprint density at radius 1 is 1.35 bits per heavy atom. The fraction of sp³-hybridized carbons (Fsp3) is 0.350. The number of aliphatic hydroxyl groups is 1. The highest BCUT2D eigenvalue weighted by Gasteiger charge is 2.25. The van der Waals surface area contributed by atoms with Crippen molar-refractivity contribution in [2.45, 2.75) is 39.0 Å². The van der Waals surface area contributed by atoms with Crippen molar-refractivity contribution >= 4 is 33.2 Å². The van der Waals surface area contributed by atoms with Crippen LogP contribution >= 0.6 is 22.9 Å². The van der Waals surface area contributed by atoms with Gasteiger partial charge in [0, 0.05) is 46.2 Å². The number of aryl methyl sites for hydroxylation is 1. The topological polar surface area (TPSA) is 54.4 Å². The van der Waals surface area contributed by atoms with E-state index < -0.39 is 0 Å². The van der Waals surface area contributed by atoms with Crippen molar-refractivity contribution < 1.29 is 9.84 Å². The third-order valence-corrected chi connectivity index (χ3v) is 6.10. The highest BCUT2D eigenvalue weighted by Crippen LogP contribution is 2.42. The van der Waals surface area contributed by atoms with Gasteiger partial charge >= 0.3 is 0 Å². The summed E-state index contributed by atoms with van der Waals surface area (Å²) in [6, 6.07) is 8.30. The third kappa shape index (κ3) is 3.32. The van der Waals surface area contributed by atoms with E-state index in [1.54, 1.807) is 17.5 Å². The molecular weight excluding hydrogens is 368 g/mol. The summed E-state index contributed by atoms with van der Waals surface area (Å²) in [7, 11) is 0. The third-order valence-electron chi connectivity index (χ3n) is 4.74. The van der Waals surface area contributed by atoms with E-state index in [0.717, 1.165) is 50.5 Å². The molecule has 1 fully saturated rings. The summed E-state index contributed by atoms with van der Waals surface area (Å²) < 4.78 is 7.46. The maximum atomic E-state index is 9.49. The van der Waals surface area contributed by atoms with Crippen LogP contribution in [-0.2, 0) is 6.61 Å². The lowest BCUT2D eigenvalue weighted by atomic mass is 10.0. The first kappa shape index (κ1) is 17.7. The molecule has 1 aliphatic rings. The van der Waals surface area contributed by atoms with Gasteiger partial charge in [0.1, 0.15) is 11.9 Å². The second kappa shape index (κ2) is 7.16. The first-order valence-electron chi connectivity index (χ1n) is 8.74. The van der Waals surface area contributed by atoms with Gasteiger partial charge in [-0.05, 0) is 43.7 Å². The predicted molar refractivity (Wildman–Crippen MR) is 107 cm³/mol. The van der Waals surface area contributed by atoms with E-state index in [9.17, 15) is 5.11 Å². The zero-order valence-corrected chi connectivity index (χ0v) is 16.3. The molecule has 0 bridgehead atoms. The SMILES string of the molecule is Cc1cc(Cl)cc(-c2ccnc3cc(CO)sc23)c1O[C@@H]1CN[C@H](C)C1. The number of nitrogens with one attached hydrogen (secondary N) is 1. The van der Waals surface area contributed by atoms with Crippen LogP contribution in [0.4, 0.5) is 0 Å². The van der Waals surface area contributed by atoms with Gasteiger partial charge in [0.15, 0.2) is 0 Å². The van der Waals surface area contributed by atoms with Crippen LogP contribution in [0.1, 0.15) is 23.8 Å². The number of pyridine rings is 1. The lowest BCUT2D eigenvalue weighted by Crippen LogP contribution is -2.21. The number of benzene rings is 1. The van der Waals surface area contributed by atoms with Gasteiger partial charge in [0.2, 0.25) is 0 Å². The fourth-order valence-electron chi connectivity index (χ4n) is 3.51. The summed E-state index contributed by atoms with van der Waals surface area (Å²) in [5, 5.41) is 13.6. The molecule has 4 nitrogen and oxygen atoms in total. The summed E-state index contributed by atoms with van der Waals surface area (Å²) in [5.41, 5.74) is 3.93. The smallest absolute Gasteiger partial charge is 0.130 e. The van der Waals surface area contributed by atoms with E-state index in [1.165, 1.54) is 0 Å². The number of fused-ring (bicyclic) bond motifs is 1. The molecule has 4 rings (SSSR count). The number of aliphatic hydroxyl groups excluding tert-OH is 1. The van der Waals surface area contributed by atoms with Crippen molar-refractivity contribution in [3.05, 3.63) is 45.9 Å². The number of ether oxygens (including phenoxy) is 1. The minimum absolute atomic E-state index is 0.0179. The van der Waals surface area contributed by atoms with Crippen LogP contribution < -0.4 is 10.1 Å². The Morgan fingerprint density at radius 3 is 2.92 bits per heavy atom. The number of halogens is 1. The van der Waals surface area contributed by atoms with Crippen molar-refractivity contribution in [2.24, 2.45) is 0 Å². The number of aromatic nitrogens is 1. The van der Waals surface area contributed by atoms with Gasteiger partial charge in [-0.15, -0.1) is 11.3 Å². The number of thiophene rings is 1. The van der Waals surface area contributed by atoms with E-state index in [2.05, 4.69) is 17.2 Å². The summed E-state index contributed by atoms with van der Waals surface area (Å²) in [6.07, 6.45) is 2.93. The molecule has 0 unspecified atom stereocenters. The molecule has 6 heteroatoms. The Bertz CT molecular complexity index is 956. The summed E-state index contributed by atoms with van der Waals surface area (Å²) in [4.78, 5) is 5.34. The van der Waals surface area contributed by atoms with Crippen LogP contribution in [0.5, 0.6) is 5.75 Å². The highest BCUT2D eigenvalue weighted by molar-refractivity contribution is 7.19. The molecule has 1 saturated heterocycles. The van der Waals surface area contributed by atoms with Gasteiger partial charge in [0.05, 0.1) is 16.8 Å². The number of hydrogen-bond donors (Lipinski definition) is 2. The zero-order valence-electron chi connectivity index (χ0n) is 14.8. The van der Waals surface area contributed by atoms with E-state index in [4.69, 9.17) is 16.3 Å². The largest absolute Gasteiger partial charge is 0.488 e. The lowest BCUT2D eigenvalue weighted by molar-refractivity contribution is 0.220. The minimum atomic E-state index is 0.0179. The minimum Gasteiger partial charge on any atom is -0.488 e. The van der Waals surface area contributed by atoms with Gasteiger partial charge in [-0.25, -0.2) is 0 Å². The maximum Gasteiger partial charge on any atom is 0.130 e. The van der Waals surface area contributed by atoms with Gasteiger partial charge in [0.25, 0.3) is 0 Å². The van der Waals surface area contributed by atoms with Crippen LogP contribution in [0.15, 0.2) is 30.5 Å². The van der Waals surface area contributed by atoms with Gasteiger partial charge in [-0.3, -0.25) is 4.98 Å². The number of hydrogen-bond acceptors (Lipinski definition) is 5.